The van der Waals surface area contributed by atoms with Crippen molar-refractivity contribution in [1.82, 2.24) is 9.97 Å². The molecule has 1 heterocycles. The van der Waals surface area contributed by atoms with E-state index in [-0.39, 0.29) is 5.92 Å². The van der Waals surface area contributed by atoms with Crippen LogP contribution in [0.1, 0.15) is 25.3 Å². The number of aromatic nitrogens is 2. The number of rotatable bonds is 3. The van der Waals surface area contributed by atoms with E-state index in [0.29, 0.717) is 11.0 Å². The summed E-state index contributed by atoms with van der Waals surface area (Å²) < 4.78 is 6.87. The van der Waals surface area contributed by atoms with E-state index in [2.05, 4.69) is 32.6 Å². The molecule has 0 aliphatic heterocycles. The molecular weight excluding hydrogens is 363 g/mol. The van der Waals surface area contributed by atoms with Gasteiger partial charge in [0.05, 0.1) is 9.13 Å². The molecule has 0 radical (unpaired) electrons. The second kappa shape index (κ2) is 5.84. The number of halogens is 2. The molecule has 0 bridgehead atoms. The molecule has 3 nitrogen and oxygen atoms in total. The average molecular weight is 375 g/mol. The molecule has 0 fully saturated rings. The zero-order valence-corrected chi connectivity index (χ0v) is 12.9. The van der Waals surface area contributed by atoms with Gasteiger partial charge in [0.2, 0.25) is 5.88 Å². The molecule has 0 saturated heterocycles. The first-order valence-corrected chi connectivity index (χ1v) is 6.98. The van der Waals surface area contributed by atoms with E-state index in [1.807, 2.05) is 38.1 Å². The minimum atomic E-state index is 0.204. The number of hydrogen-bond donors (Lipinski definition) is 0. The fourth-order valence-electron chi connectivity index (χ4n) is 1.56. The standard InChI is InChI=1S/C13H12ClIN2O/c1-8(2)11-12(14)16-7-17-13(11)18-10-6-4-3-5-9(10)15/h3-8H,1-2H3. The van der Waals surface area contributed by atoms with Gasteiger partial charge in [0.15, 0.2) is 0 Å². The van der Waals surface area contributed by atoms with E-state index in [9.17, 15) is 0 Å². The fourth-order valence-corrected chi connectivity index (χ4v) is 2.40. The Morgan fingerprint density at radius 3 is 2.61 bits per heavy atom. The summed E-state index contributed by atoms with van der Waals surface area (Å²) in [4.78, 5) is 8.17. The summed E-state index contributed by atoms with van der Waals surface area (Å²) in [7, 11) is 0. The van der Waals surface area contributed by atoms with Crippen molar-refractivity contribution in [2.75, 3.05) is 0 Å². The first-order chi connectivity index (χ1) is 8.59. The molecule has 2 aromatic rings. The van der Waals surface area contributed by atoms with Gasteiger partial charge in [-0.15, -0.1) is 0 Å². The van der Waals surface area contributed by atoms with E-state index in [0.717, 1.165) is 14.9 Å². The SMILES string of the molecule is CC(C)c1c(Cl)ncnc1Oc1ccccc1I. The molecule has 0 unspecified atom stereocenters. The summed E-state index contributed by atoms with van der Waals surface area (Å²) in [6.45, 7) is 4.07. The maximum atomic E-state index is 6.10. The van der Waals surface area contributed by atoms with Crippen LogP contribution in [0.3, 0.4) is 0 Å². The minimum absolute atomic E-state index is 0.204. The zero-order valence-electron chi connectivity index (χ0n) is 10.0. The number of benzene rings is 1. The zero-order chi connectivity index (χ0) is 13.1. The summed E-state index contributed by atoms with van der Waals surface area (Å²) in [5, 5.41) is 0.445. The van der Waals surface area contributed by atoms with Crippen LogP contribution in [0.15, 0.2) is 30.6 Å². The number of nitrogens with zero attached hydrogens (tertiary/aromatic N) is 2. The van der Waals surface area contributed by atoms with Gasteiger partial charge in [0, 0.05) is 0 Å². The molecule has 2 rings (SSSR count). The van der Waals surface area contributed by atoms with Crippen LogP contribution in [0, 0.1) is 3.57 Å². The molecule has 94 valence electrons. The lowest BCUT2D eigenvalue weighted by Gasteiger charge is -2.13. The van der Waals surface area contributed by atoms with Crippen molar-refractivity contribution in [3.63, 3.8) is 0 Å². The molecule has 1 aromatic heterocycles. The second-order valence-electron chi connectivity index (χ2n) is 4.07. The van der Waals surface area contributed by atoms with Gasteiger partial charge in [0.25, 0.3) is 0 Å². The number of ether oxygens (including phenoxy) is 1. The van der Waals surface area contributed by atoms with Crippen molar-refractivity contribution < 1.29 is 4.74 Å². The Kier molecular flexibility index (Phi) is 4.40. The molecule has 5 heteroatoms. The van der Waals surface area contributed by atoms with Gasteiger partial charge < -0.3 is 4.74 Å². The molecule has 0 aliphatic rings. The van der Waals surface area contributed by atoms with E-state index in [1.165, 1.54) is 6.33 Å². The van der Waals surface area contributed by atoms with E-state index in [4.69, 9.17) is 16.3 Å². The maximum absolute atomic E-state index is 6.10. The van der Waals surface area contributed by atoms with Gasteiger partial charge in [-0.3, -0.25) is 0 Å². The molecule has 0 N–H and O–H groups in total. The van der Waals surface area contributed by atoms with Crippen LogP contribution in [0.4, 0.5) is 0 Å². The van der Waals surface area contributed by atoms with Gasteiger partial charge in [-0.2, -0.15) is 0 Å². The Morgan fingerprint density at radius 2 is 1.94 bits per heavy atom. The van der Waals surface area contributed by atoms with Gasteiger partial charge >= 0.3 is 0 Å². The first-order valence-electron chi connectivity index (χ1n) is 5.52. The van der Waals surface area contributed by atoms with Gasteiger partial charge in [0.1, 0.15) is 17.2 Å². The van der Waals surface area contributed by atoms with E-state index < -0.39 is 0 Å². The lowest BCUT2D eigenvalue weighted by molar-refractivity contribution is 0.448. The normalized spacial score (nSPS) is 10.7. The maximum Gasteiger partial charge on any atom is 0.227 e. The van der Waals surface area contributed by atoms with Crippen molar-refractivity contribution in [2.45, 2.75) is 19.8 Å². The van der Waals surface area contributed by atoms with Gasteiger partial charge in [-0.05, 0) is 40.6 Å². The Balaban J connectivity index is 2.41. The Bertz CT molecular complexity index is 560. The minimum Gasteiger partial charge on any atom is -0.437 e. The monoisotopic (exact) mass is 374 g/mol. The van der Waals surface area contributed by atoms with Crippen molar-refractivity contribution in [3.05, 3.63) is 44.9 Å². The lowest BCUT2D eigenvalue weighted by atomic mass is 10.1. The molecular formula is C13H12ClIN2O. The quantitative estimate of drug-likeness (QED) is 0.579. The Labute approximate surface area is 125 Å². The van der Waals surface area contributed by atoms with Gasteiger partial charge in [-0.25, -0.2) is 9.97 Å². The summed E-state index contributed by atoms with van der Waals surface area (Å²) in [5.74, 6) is 1.50. The van der Waals surface area contributed by atoms with Crippen molar-refractivity contribution in [3.8, 4) is 11.6 Å². The van der Waals surface area contributed by atoms with Crippen molar-refractivity contribution in [2.24, 2.45) is 0 Å². The smallest absolute Gasteiger partial charge is 0.227 e. The molecule has 0 spiro atoms. The predicted molar refractivity (Wildman–Crippen MR) is 80.4 cm³/mol. The van der Waals surface area contributed by atoms with Crippen LogP contribution >= 0.6 is 34.2 Å². The molecule has 0 amide bonds. The molecule has 0 aliphatic carbocycles. The Hall–Kier alpha value is -0.880. The van der Waals surface area contributed by atoms with Crippen LogP contribution in [0.2, 0.25) is 5.15 Å². The summed E-state index contributed by atoms with van der Waals surface area (Å²) in [6, 6.07) is 7.77. The van der Waals surface area contributed by atoms with Gasteiger partial charge in [-0.1, -0.05) is 37.6 Å². The number of para-hydroxylation sites is 1. The molecule has 18 heavy (non-hydrogen) atoms. The molecule has 1 aromatic carbocycles. The van der Waals surface area contributed by atoms with E-state index in [1.54, 1.807) is 0 Å². The average Bonchev–Trinajstić information content (AvgIpc) is 2.31. The summed E-state index contributed by atoms with van der Waals surface area (Å²) in [5.41, 5.74) is 0.832. The van der Waals surface area contributed by atoms with Crippen LogP contribution < -0.4 is 4.74 Å². The van der Waals surface area contributed by atoms with Crippen molar-refractivity contribution in [1.29, 1.82) is 0 Å². The first kappa shape index (κ1) is 13.5. The summed E-state index contributed by atoms with van der Waals surface area (Å²) in [6.07, 6.45) is 1.42. The third-order valence-corrected chi connectivity index (χ3v) is 3.61. The third-order valence-electron chi connectivity index (χ3n) is 2.42. The predicted octanol–water partition coefficient (Wildman–Crippen LogP) is 4.65. The number of hydrogen-bond acceptors (Lipinski definition) is 3. The topological polar surface area (TPSA) is 35.0 Å². The highest BCUT2D eigenvalue weighted by Gasteiger charge is 2.16. The Morgan fingerprint density at radius 1 is 1.22 bits per heavy atom. The van der Waals surface area contributed by atoms with Crippen LogP contribution in [0.5, 0.6) is 11.6 Å². The highest BCUT2D eigenvalue weighted by Crippen LogP contribution is 2.33. The highest BCUT2D eigenvalue weighted by atomic mass is 127. The van der Waals surface area contributed by atoms with Crippen molar-refractivity contribution >= 4 is 34.2 Å². The molecule has 0 atom stereocenters. The lowest BCUT2D eigenvalue weighted by Crippen LogP contribution is -2.00. The second-order valence-corrected chi connectivity index (χ2v) is 5.59. The highest BCUT2D eigenvalue weighted by molar-refractivity contribution is 14.1. The van der Waals surface area contributed by atoms with Crippen LogP contribution in [-0.2, 0) is 0 Å². The van der Waals surface area contributed by atoms with Crippen LogP contribution in [-0.4, -0.2) is 9.97 Å². The largest absolute Gasteiger partial charge is 0.437 e. The van der Waals surface area contributed by atoms with E-state index >= 15 is 0 Å². The van der Waals surface area contributed by atoms with Crippen LogP contribution in [0.25, 0.3) is 0 Å². The molecule has 0 saturated carbocycles. The fraction of sp³-hybridized carbons (Fsp3) is 0.231. The summed E-state index contributed by atoms with van der Waals surface area (Å²) >= 11 is 8.32. The third kappa shape index (κ3) is 2.92.